The Labute approximate surface area is 119 Å². The van der Waals surface area contributed by atoms with Crippen LogP contribution in [0.25, 0.3) is 10.9 Å². The summed E-state index contributed by atoms with van der Waals surface area (Å²) in [4.78, 5) is 30.8. The summed E-state index contributed by atoms with van der Waals surface area (Å²) in [6, 6.07) is 7.31. The van der Waals surface area contributed by atoms with Crippen molar-refractivity contribution in [2.75, 3.05) is 12.3 Å². The summed E-state index contributed by atoms with van der Waals surface area (Å²) >= 11 is 1.68. The molecule has 6 heteroatoms. The van der Waals surface area contributed by atoms with Gasteiger partial charge in [0.25, 0.3) is 5.56 Å². The number of nitrogens with zero attached hydrogens (tertiary/aromatic N) is 3. The third-order valence-electron chi connectivity index (χ3n) is 4.08. The summed E-state index contributed by atoms with van der Waals surface area (Å²) in [5.41, 5.74) is 0.582. The van der Waals surface area contributed by atoms with E-state index in [0.717, 1.165) is 12.3 Å². The SMILES string of the molecule is CC12SCCN1C(=O)Cn1c2nc2ccccc2c1=O. The smallest absolute Gasteiger partial charge is 0.261 e. The normalized spacial score (nSPS) is 24.9. The summed E-state index contributed by atoms with van der Waals surface area (Å²) in [5.74, 6) is 1.58. The van der Waals surface area contributed by atoms with Crippen molar-refractivity contribution in [2.24, 2.45) is 0 Å². The van der Waals surface area contributed by atoms with E-state index in [0.29, 0.717) is 16.7 Å². The highest BCUT2D eigenvalue weighted by atomic mass is 32.2. The van der Waals surface area contributed by atoms with E-state index in [1.807, 2.05) is 30.0 Å². The molecule has 20 heavy (non-hydrogen) atoms. The monoisotopic (exact) mass is 287 g/mol. The molecule has 1 fully saturated rings. The molecular weight excluding hydrogens is 274 g/mol. The van der Waals surface area contributed by atoms with Crippen molar-refractivity contribution in [1.82, 2.24) is 14.5 Å². The lowest BCUT2D eigenvalue weighted by atomic mass is 10.1. The van der Waals surface area contributed by atoms with Crippen LogP contribution in [0.5, 0.6) is 0 Å². The molecule has 1 saturated heterocycles. The van der Waals surface area contributed by atoms with Gasteiger partial charge in [-0.05, 0) is 19.1 Å². The number of thioether (sulfide) groups is 1. The first-order chi connectivity index (χ1) is 9.61. The molecule has 4 rings (SSSR count). The van der Waals surface area contributed by atoms with Crippen molar-refractivity contribution in [2.45, 2.75) is 18.3 Å². The van der Waals surface area contributed by atoms with Crippen molar-refractivity contribution >= 4 is 28.6 Å². The Morgan fingerprint density at radius 2 is 2.10 bits per heavy atom. The number of rotatable bonds is 0. The van der Waals surface area contributed by atoms with E-state index in [-0.39, 0.29) is 18.0 Å². The zero-order valence-electron chi connectivity index (χ0n) is 11.0. The van der Waals surface area contributed by atoms with Crippen LogP contribution < -0.4 is 5.56 Å². The Balaban J connectivity index is 2.10. The van der Waals surface area contributed by atoms with Crippen LogP contribution in [0, 0.1) is 0 Å². The van der Waals surface area contributed by atoms with Gasteiger partial charge in [-0.2, -0.15) is 0 Å². The number of hydrogen-bond donors (Lipinski definition) is 0. The van der Waals surface area contributed by atoms with E-state index in [2.05, 4.69) is 4.98 Å². The van der Waals surface area contributed by atoms with Crippen molar-refractivity contribution in [1.29, 1.82) is 0 Å². The lowest BCUT2D eigenvalue weighted by molar-refractivity contribution is -0.136. The maximum atomic E-state index is 12.6. The molecule has 102 valence electrons. The third kappa shape index (κ3) is 1.37. The predicted octanol–water partition coefficient (Wildman–Crippen LogP) is 1.16. The first kappa shape index (κ1) is 12.0. The Morgan fingerprint density at radius 1 is 1.30 bits per heavy atom. The molecule has 0 saturated carbocycles. The zero-order valence-corrected chi connectivity index (χ0v) is 11.8. The molecule has 3 heterocycles. The quantitative estimate of drug-likeness (QED) is 0.729. The fourth-order valence-electron chi connectivity index (χ4n) is 3.06. The van der Waals surface area contributed by atoms with Crippen LogP contribution in [-0.4, -0.2) is 32.7 Å². The standard InChI is InChI=1S/C14H13N3O2S/c1-14-13-15-10-5-3-2-4-9(10)12(19)16(13)8-11(18)17(14)6-7-20-14/h2-5H,6-8H2,1H3. The number of hydrogen-bond acceptors (Lipinski definition) is 4. The number of carbonyl (C=O) groups is 1. The molecular formula is C14H13N3O2S. The van der Waals surface area contributed by atoms with Gasteiger partial charge in [0.2, 0.25) is 5.91 Å². The van der Waals surface area contributed by atoms with Crippen LogP contribution in [0.15, 0.2) is 29.1 Å². The highest BCUT2D eigenvalue weighted by molar-refractivity contribution is 8.00. The molecule has 1 unspecified atom stereocenters. The van der Waals surface area contributed by atoms with Crippen molar-refractivity contribution in [3.63, 3.8) is 0 Å². The molecule has 0 N–H and O–H groups in total. The second-order valence-electron chi connectivity index (χ2n) is 5.22. The number of carbonyl (C=O) groups excluding carboxylic acids is 1. The van der Waals surface area contributed by atoms with Crippen molar-refractivity contribution in [3.05, 3.63) is 40.4 Å². The van der Waals surface area contributed by atoms with Gasteiger partial charge in [0.05, 0.1) is 10.9 Å². The maximum absolute atomic E-state index is 12.6. The van der Waals surface area contributed by atoms with Gasteiger partial charge in [0.15, 0.2) is 0 Å². The van der Waals surface area contributed by atoms with Crippen LogP contribution in [0.1, 0.15) is 12.7 Å². The Bertz CT molecular complexity index is 801. The molecule has 1 atom stereocenters. The highest BCUT2D eigenvalue weighted by Crippen LogP contribution is 2.45. The van der Waals surface area contributed by atoms with Crippen LogP contribution in [0.4, 0.5) is 0 Å². The fourth-order valence-corrected chi connectivity index (χ4v) is 4.37. The Hall–Kier alpha value is -1.82. The predicted molar refractivity (Wildman–Crippen MR) is 77.5 cm³/mol. The molecule has 0 bridgehead atoms. The molecule has 0 aliphatic carbocycles. The second kappa shape index (κ2) is 3.85. The molecule has 1 amide bonds. The van der Waals surface area contributed by atoms with Gasteiger partial charge in [-0.3, -0.25) is 14.2 Å². The van der Waals surface area contributed by atoms with Crippen molar-refractivity contribution in [3.8, 4) is 0 Å². The van der Waals surface area contributed by atoms with Gasteiger partial charge in [-0.1, -0.05) is 12.1 Å². The van der Waals surface area contributed by atoms with Gasteiger partial charge < -0.3 is 4.90 Å². The summed E-state index contributed by atoms with van der Waals surface area (Å²) in [6.07, 6.45) is 0. The average molecular weight is 287 g/mol. The topological polar surface area (TPSA) is 55.2 Å². The summed E-state index contributed by atoms with van der Waals surface area (Å²) in [7, 11) is 0. The van der Waals surface area contributed by atoms with Gasteiger partial charge in [0, 0.05) is 12.3 Å². The van der Waals surface area contributed by atoms with E-state index in [1.54, 1.807) is 22.4 Å². The Morgan fingerprint density at radius 3 is 2.95 bits per heavy atom. The molecule has 1 aromatic carbocycles. The van der Waals surface area contributed by atoms with E-state index in [4.69, 9.17) is 0 Å². The summed E-state index contributed by atoms with van der Waals surface area (Å²) < 4.78 is 1.54. The molecule has 2 aromatic rings. The van der Waals surface area contributed by atoms with E-state index in [9.17, 15) is 9.59 Å². The van der Waals surface area contributed by atoms with E-state index in [1.165, 1.54) is 0 Å². The van der Waals surface area contributed by atoms with Gasteiger partial charge in [0.1, 0.15) is 17.2 Å². The molecule has 2 aliphatic heterocycles. The average Bonchev–Trinajstić information content (AvgIpc) is 2.85. The minimum atomic E-state index is -0.515. The van der Waals surface area contributed by atoms with E-state index < -0.39 is 4.87 Å². The second-order valence-corrected chi connectivity index (χ2v) is 6.71. The first-order valence-electron chi connectivity index (χ1n) is 6.56. The molecule has 0 spiro atoms. The Kier molecular flexibility index (Phi) is 2.30. The fraction of sp³-hybridized carbons (Fsp3) is 0.357. The number of amides is 1. The highest BCUT2D eigenvalue weighted by Gasteiger charge is 2.48. The molecule has 2 aliphatic rings. The van der Waals surface area contributed by atoms with Crippen LogP contribution >= 0.6 is 11.8 Å². The lowest BCUT2D eigenvalue weighted by Crippen LogP contribution is -2.52. The minimum Gasteiger partial charge on any atom is -0.319 e. The number of aromatic nitrogens is 2. The summed E-state index contributed by atoms with van der Waals surface area (Å²) in [6.45, 7) is 2.81. The van der Waals surface area contributed by atoms with E-state index >= 15 is 0 Å². The first-order valence-corrected chi connectivity index (χ1v) is 7.54. The lowest BCUT2D eigenvalue weighted by Gasteiger charge is -2.39. The van der Waals surface area contributed by atoms with Crippen molar-refractivity contribution < 1.29 is 4.79 Å². The third-order valence-corrected chi connectivity index (χ3v) is 5.44. The van der Waals surface area contributed by atoms with Crippen LogP contribution in [0.3, 0.4) is 0 Å². The van der Waals surface area contributed by atoms with Gasteiger partial charge in [-0.15, -0.1) is 11.8 Å². The number of para-hydroxylation sites is 1. The molecule has 0 radical (unpaired) electrons. The van der Waals surface area contributed by atoms with Crippen LogP contribution in [-0.2, 0) is 16.2 Å². The minimum absolute atomic E-state index is 0.00387. The molecule has 5 nitrogen and oxygen atoms in total. The summed E-state index contributed by atoms with van der Waals surface area (Å²) in [5, 5.41) is 0.573. The van der Waals surface area contributed by atoms with Crippen LogP contribution in [0.2, 0.25) is 0 Å². The number of fused-ring (bicyclic) bond motifs is 4. The zero-order chi connectivity index (χ0) is 13.9. The van der Waals surface area contributed by atoms with Gasteiger partial charge in [-0.25, -0.2) is 4.98 Å². The molecule has 1 aromatic heterocycles. The number of benzene rings is 1. The van der Waals surface area contributed by atoms with Gasteiger partial charge >= 0.3 is 0 Å². The largest absolute Gasteiger partial charge is 0.319 e. The maximum Gasteiger partial charge on any atom is 0.261 e.